The third-order valence-corrected chi connectivity index (χ3v) is 1.69. The van der Waals surface area contributed by atoms with Gasteiger partial charge in [0.2, 0.25) is 0 Å². The van der Waals surface area contributed by atoms with Crippen molar-refractivity contribution in [3.05, 3.63) is 57.7 Å². The number of hydrogen-bond donors (Lipinski definition) is 0. The first-order chi connectivity index (χ1) is 6.86. The van der Waals surface area contributed by atoms with Crippen LogP contribution in [0, 0.1) is 12.2 Å². The Hall–Kier alpha value is -1.22. The van der Waals surface area contributed by atoms with Crippen molar-refractivity contribution in [1.82, 2.24) is 0 Å². The van der Waals surface area contributed by atoms with E-state index >= 15 is 0 Å². The van der Waals surface area contributed by atoms with Crippen molar-refractivity contribution >= 4 is 0 Å². The van der Waals surface area contributed by atoms with Gasteiger partial charge in [-0.25, -0.2) is 11.5 Å². The van der Waals surface area contributed by atoms with Gasteiger partial charge in [0.05, 0.1) is 0 Å². The van der Waals surface area contributed by atoms with Crippen LogP contribution in [-0.2, 0) is 19.5 Å². The molecule has 2 aliphatic carbocycles. The van der Waals surface area contributed by atoms with Gasteiger partial charge in [-0.1, -0.05) is 13.8 Å². The molecule has 0 aromatic carbocycles. The minimum absolute atomic E-state index is 0. The summed E-state index contributed by atoms with van der Waals surface area (Å²) >= 11 is 0. The topological polar surface area (TPSA) is 0 Å². The number of allylic oxidation sites excluding steroid dienone is 4. The molecule has 0 saturated carbocycles. The van der Waals surface area contributed by atoms with Gasteiger partial charge in [-0.3, -0.25) is 22.9 Å². The summed E-state index contributed by atoms with van der Waals surface area (Å²) < 4.78 is 0. The van der Waals surface area contributed by atoms with E-state index in [-0.39, 0.29) is 19.5 Å². The molecule has 15 heavy (non-hydrogen) atoms. The molecule has 0 N–H and O–H groups in total. The van der Waals surface area contributed by atoms with Gasteiger partial charge in [-0.05, 0) is 12.8 Å². The maximum atomic E-state index is 2.85. The Bertz CT molecular complexity index is 433. The summed E-state index contributed by atoms with van der Waals surface area (Å²) in [6.07, 6.45) is 7.67. The van der Waals surface area contributed by atoms with Crippen molar-refractivity contribution in [3.63, 3.8) is 0 Å². The summed E-state index contributed by atoms with van der Waals surface area (Å²) in [4.78, 5) is 0. The molecule has 0 spiro atoms. The van der Waals surface area contributed by atoms with Crippen LogP contribution in [0.15, 0.2) is 45.5 Å². The quantitative estimate of drug-likeness (QED) is 0.414. The van der Waals surface area contributed by atoms with E-state index in [2.05, 4.69) is 60.4 Å². The molecule has 0 saturated heterocycles. The van der Waals surface area contributed by atoms with Gasteiger partial charge in [0, 0.05) is 0 Å². The fraction of sp³-hybridized carbons (Fsp3) is 0.286. The van der Waals surface area contributed by atoms with Crippen LogP contribution in [0.5, 0.6) is 0 Å². The van der Waals surface area contributed by atoms with E-state index in [4.69, 9.17) is 0 Å². The zero-order valence-electron chi connectivity index (χ0n) is 8.77. The third-order valence-electron chi connectivity index (χ3n) is 1.69. The van der Waals surface area contributed by atoms with Crippen molar-refractivity contribution in [1.29, 1.82) is 0 Å². The average molecular weight is 279 g/mol. The normalized spacial score (nSPS) is 12.1. The standard InChI is InChI=1S/2C7H5.Ru/c2*1-2-7-5-3-4-6-7;/h2*2H2,1H3;/q2*-1;+2. The second-order valence-electron chi connectivity index (χ2n) is 2.66. The van der Waals surface area contributed by atoms with Gasteiger partial charge in [0.1, 0.15) is 0 Å². The van der Waals surface area contributed by atoms with Gasteiger partial charge in [0.25, 0.3) is 0 Å². The Morgan fingerprint density at radius 3 is 1.40 bits per heavy atom. The van der Waals surface area contributed by atoms with Crippen LogP contribution in [0.25, 0.3) is 0 Å². The minimum Gasteiger partial charge on any atom is -0.291 e. The van der Waals surface area contributed by atoms with Crippen LogP contribution in [0.3, 0.4) is 0 Å². The SMILES string of the molecule is CCC1=C=C=C=[C-]1.CCC1=C=C=C=[C-]1.[Ru+2]. The molecule has 0 bridgehead atoms. The van der Waals surface area contributed by atoms with Crippen LogP contribution in [0.2, 0.25) is 0 Å². The second kappa shape index (κ2) is 8.12. The molecular weight excluding hydrogens is 269 g/mol. The van der Waals surface area contributed by atoms with Crippen molar-refractivity contribution in [2.75, 3.05) is 0 Å². The summed E-state index contributed by atoms with van der Waals surface area (Å²) in [6, 6.07) is 0. The smallest absolute Gasteiger partial charge is 0.291 e. The Labute approximate surface area is 104 Å². The van der Waals surface area contributed by atoms with Crippen molar-refractivity contribution < 1.29 is 19.5 Å². The Kier molecular flexibility index (Phi) is 7.46. The van der Waals surface area contributed by atoms with Crippen LogP contribution < -0.4 is 0 Å². The van der Waals surface area contributed by atoms with Gasteiger partial charge in [0.15, 0.2) is 0 Å². The van der Waals surface area contributed by atoms with E-state index in [1.165, 1.54) is 0 Å². The molecule has 0 heterocycles. The third kappa shape index (κ3) is 5.28. The van der Waals surface area contributed by atoms with Crippen molar-refractivity contribution in [3.8, 4) is 0 Å². The summed E-state index contributed by atoms with van der Waals surface area (Å²) in [5, 5.41) is 0. The van der Waals surface area contributed by atoms with E-state index < -0.39 is 0 Å². The van der Waals surface area contributed by atoms with Crippen LogP contribution in [0.4, 0.5) is 0 Å². The molecule has 1 heteroatoms. The predicted octanol–water partition coefficient (Wildman–Crippen LogP) is 3.21. The van der Waals surface area contributed by atoms with Crippen LogP contribution in [0.1, 0.15) is 26.7 Å². The molecule has 0 atom stereocenters. The average Bonchev–Trinajstić information content (AvgIpc) is 2.92. The molecule has 0 radical (unpaired) electrons. The molecule has 2 rings (SSSR count). The maximum absolute atomic E-state index is 2.85. The van der Waals surface area contributed by atoms with Gasteiger partial charge in [-0.2, -0.15) is 0 Å². The zero-order chi connectivity index (χ0) is 10.2. The fourth-order valence-electron chi connectivity index (χ4n) is 0.843. The number of rotatable bonds is 2. The molecule has 0 fully saturated rings. The molecule has 0 aromatic rings. The van der Waals surface area contributed by atoms with Gasteiger partial charge < -0.3 is 0 Å². The number of hydrogen-bond acceptors (Lipinski definition) is 0. The summed E-state index contributed by atoms with van der Waals surface area (Å²) in [7, 11) is 0. The van der Waals surface area contributed by atoms with E-state index in [1.807, 2.05) is 0 Å². The summed E-state index contributed by atoms with van der Waals surface area (Å²) in [5.41, 5.74) is 18.5. The van der Waals surface area contributed by atoms with Crippen molar-refractivity contribution in [2.24, 2.45) is 0 Å². The minimum atomic E-state index is 0. The maximum Gasteiger partial charge on any atom is 2.00 e. The first-order valence-corrected chi connectivity index (χ1v) is 4.62. The molecular formula is C14H10Ru. The van der Waals surface area contributed by atoms with Gasteiger partial charge in [-0.15, -0.1) is 23.3 Å². The first kappa shape index (κ1) is 13.8. The molecule has 2 aliphatic rings. The molecule has 0 nitrogen and oxygen atoms in total. The van der Waals surface area contributed by atoms with E-state index in [0.717, 1.165) is 24.0 Å². The summed E-state index contributed by atoms with van der Waals surface area (Å²) in [5.74, 6) is 0. The van der Waals surface area contributed by atoms with Crippen molar-refractivity contribution in [2.45, 2.75) is 26.7 Å². The Morgan fingerprint density at radius 1 is 0.867 bits per heavy atom. The van der Waals surface area contributed by atoms with Crippen LogP contribution >= 0.6 is 0 Å². The fourth-order valence-corrected chi connectivity index (χ4v) is 0.843. The molecule has 74 valence electrons. The zero-order valence-corrected chi connectivity index (χ0v) is 10.5. The molecule has 0 aliphatic heterocycles. The van der Waals surface area contributed by atoms with E-state index in [0.29, 0.717) is 0 Å². The molecule has 0 aromatic heterocycles. The largest absolute Gasteiger partial charge is 2.00 e. The molecule has 0 amide bonds. The Morgan fingerprint density at radius 2 is 1.27 bits per heavy atom. The second-order valence-corrected chi connectivity index (χ2v) is 2.66. The van der Waals surface area contributed by atoms with E-state index in [9.17, 15) is 0 Å². The molecule has 0 unspecified atom stereocenters. The van der Waals surface area contributed by atoms with E-state index in [1.54, 1.807) is 0 Å². The Balaban J connectivity index is 0.000000245. The monoisotopic (exact) mass is 280 g/mol. The first-order valence-electron chi connectivity index (χ1n) is 4.62. The van der Waals surface area contributed by atoms with Crippen LogP contribution in [-0.4, -0.2) is 0 Å². The summed E-state index contributed by atoms with van der Waals surface area (Å²) in [6.45, 7) is 4.12. The predicted molar refractivity (Wildman–Crippen MR) is 55.2 cm³/mol. The van der Waals surface area contributed by atoms with Gasteiger partial charge >= 0.3 is 19.5 Å².